The van der Waals surface area contributed by atoms with Crippen molar-refractivity contribution in [2.24, 2.45) is 5.10 Å². The maximum atomic E-state index is 12.0. The molecule has 2 aromatic rings. The Bertz CT molecular complexity index is 930. The minimum Gasteiger partial charge on any atom is -0.504 e. The van der Waals surface area contributed by atoms with E-state index in [4.69, 9.17) is 0 Å². The number of aromatic hydroxyl groups is 3. The Hall–Kier alpha value is -3.25. The summed E-state index contributed by atoms with van der Waals surface area (Å²) in [4.78, 5) is 13.1. The molecule has 1 heterocycles. The van der Waals surface area contributed by atoms with Crippen LogP contribution in [-0.2, 0) is 12.8 Å². The molecule has 2 amide bonds. The van der Waals surface area contributed by atoms with Gasteiger partial charge in [0.2, 0.25) is 5.75 Å². The minimum absolute atomic E-state index is 0.116. The second-order valence-corrected chi connectivity index (χ2v) is 6.83. The first-order valence-corrected chi connectivity index (χ1v) is 8.71. The summed E-state index contributed by atoms with van der Waals surface area (Å²) in [6.45, 7) is 0. The third-order valence-corrected chi connectivity index (χ3v) is 5.25. The quantitative estimate of drug-likeness (QED) is 0.320. The van der Waals surface area contributed by atoms with Gasteiger partial charge in [-0.3, -0.25) is 5.32 Å². The minimum atomic E-state index is -0.666. The molecule has 9 heteroatoms. The molecule has 0 bridgehead atoms. The van der Waals surface area contributed by atoms with Crippen LogP contribution in [0.2, 0.25) is 0 Å². The molecule has 0 radical (unpaired) electrons. The number of fused-ring (bicyclic) bond motifs is 1. The number of aryl methyl sites for hydroxylation is 1. The van der Waals surface area contributed by atoms with Gasteiger partial charge in [0.05, 0.1) is 11.8 Å². The largest absolute Gasteiger partial charge is 0.504 e. The summed E-state index contributed by atoms with van der Waals surface area (Å²) in [6, 6.07) is 4.04. The normalized spacial score (nSPS) is 13.2. The first kappa shape index (κ1) is 17.6. The first-order chi connectivity index (χ1) is 12.5. The summed E-state index contributed by atoms with van der Waals surface area (Å²) in [5.41, 5.74) is 3.87. The van der Waals surface area contributed by atoms with Crippen LogP contribution < -0.4 is 10.7 Å². The Morgan fingerprint density at radius 3 is 2.77 bits per heavy atom. The van der Waals surface area contributed by atoms with E-state index in [9.17, 15) is 25.4 Å². The molecule has 8 nitrogen and oxygen atoms in total. The lowest BCUT2D eigenvalue weighted by Gasteiger charge is -2.09. The number of thiophene rings is 1. The molecule has 1 aliphatic carbocycles. The fourth-order valence-corrected chi connectivity index (χ4v) is 3.99. The smallest absolute Gasteiger partial charge is 0.340 e. The van der Waals surface area contributed by atoms with Gasteiger partial charge in [-0.05, 0) is 43.4 Å². The monoisotopic (exact) mass is 372 g/mol. The van der Waals surface area contributed by atoms with Gasteiger partial charge in [0.15, 0.2) is 11.5 Å². The van der Waals surface area contributed by atoms with Gasteiger partial charge in [-0.25, -0.2) is 10.2 Å². The molecular formula is C17H16N4O4S. The molecule has 1 aromatic carbocycles. The number of carbonyl (C=O) groups excluding carboxylic acids is 1. The average Bonchev–Trinajstić information content (AvgIpc) is 2.98. The summed E-state index contributed by atoms with van der Waals surface area (Å²) < 4.78 is 0. The number of rotatable bonds is 3. The van der Waals surface area contributed by atoms with Gasteiger partial charge >= 0.3 is 6.03 Å². The lowest BCUT2D eigenvalue weighted by molar-refractivity contribution is 0.252. The van der Waals surface area contributed by atoms with Gasteiger partial charge in [-0.15, -0.1) is 11.3 Å². The molecule has 0 saturated carbocycles. The Kier molecular flexibility index (Phi) is 4.95. The zero-order valence-corrected chi connectivity index (χ0v) is 14.4. The van der Waals surface area contributed by atoms with E-state index < -0.39 is 23.3 Å². The molecule has 3 rings (SSSR count). The number of phenols is 3. The van der Waals surface area contributed by atoms with E-state index in [1.807, 2.05) is 0 Å². The summed E-state index contributed by atoms with van der Waals surface area (Å²) in [7, 11) is 0. The number of nitriles is 1. The lowest BCUT2D eigenvalue weighted by Crippen LogP contribution is -2.24. The van der Waals surface area contributed by atoms with Crippen molar-refractivity contribution in [3.63, 3.8) is 0 Å². The number of phenolic OH excluding ortho intramolecular Hbond substituents is 3. The number of hydrogen-bond donors (Lipinski definition) is 5. The van der Waals surface area contributed by atoms with Gasteiger partial charge in [0.1, 0.15) is 11.1 Å². The highest BCUT2D eigenvalue weighted by molar-refractivity contribution is 7.16. The van der Waals surface area contributed by atoms with Gasteiger partial charge in [-0.1, -0.05) is 0 Å². The van der Waals surface area contributed by atoms with Crippen molar-refractivity contribution in [2.75, 3.05) is 5.32 Å². The van der Waals surface area contributed by atoms with Crippen LogP contribution in [0, 0.1) is 11.3 Å². The summed E-state index contributed by atoms with van der Waals surface area (Å²) in [6.07, 6.45) is 5.01. The third-order valence-electron chi connectivity index (χ3n) is 4.04. The summed E-state index contributed by atoms with van der Waals surface area (Å²) in [5.74, 6) is -1.68. The van der Waals surface area contributed by atoms with E-state index in [1.165, 1.54) is 23.5 Å². The zero-order valence-electron chi connectivity index (χ0n) is 13.6. The number of hydrazone groups is 1. The van der Waals surface area contributed by atoms with E-state index in [1.54, 1.807) is 0 Å². The molecule has 5 N–H and O–H groups in total. The third kappa shape index (κ3) is 3.41. The Morgan fingerprint density at radius 2 is 2.00 bits per heavy atom. The van der Waals surface area contributed by atoms with Gasteiger partial charge < -0.3 is 15.3 Å². The van der Waals surface area contributed by atoms with Crippen LogP contribution in [0.1, 0.15) is 34.4 Å². The van der Waals surface area contributed by atoms with Crippen LogP contribution in [-0.4, -0.2) is 27.6 Å². The molecule has 0 aliphatic heterocycles. The molecule has 1 aliphatic rings. The van der Waals surface area contributed by atoms with Crippen molar-refractivity contribution in [2.45, 2.75) is 25.7 Å². The standard InChI is InChI=1S/C17H16N4O4S/c18-7-11-10-3-1-2-4-13(10)26-16(11)20-17(25)21-19-8-9-5-6-12(22)15(24)14(9)23/h5-6,8,22-24H,1-4H2,(H2,20,21,25)/b19-8+. The molecule has 134 valence electrons. The fourth-order valence-electron chi connectivity index (χ4n) is 2.75. The fraction of sp³-hybridized carbons (Fsp3) is 0.235. The highest BCUT2D eigenvalue weighted by Crippen LogP contribution is 2.38. The van der Waals surface area contributed by atoms with Crippen molar-refractivity contribution in [1.82, 2.24) is 5.43 Å². The molecule has 0 unspecified atom stereocenters. The van der Waals surface area contributed by atoms with E-state index in [0.717, 1.165) is 42.3 Å². The van der Waals surface area contributed by atoms with Gasteiger partial charge in [-0.2, -0.15) is 10.4 Å². The number of anilines is 1. The average molecular weight is 372 g/mol. The topological polar surface area (TPSA) is 138 Å². The molecule has 0 saturated heterocycles. The van der Waals surface area contributed by atoms with Crippen LogP contribution in [0.5, 0.6) is 17.2 Å². The van der Waals surface area contributed by atoms with E-state index in [-0.39, 0.29) is 5.56 Å². The van der Waals surface area contributed by atoms with E-state index >= 15 is 0 Å². The van der Waals surface area contributed by atoms with Gasteiger partial charge in [0, 0.05) is 10.4 Å². The number of nitrogens with one attached hydrogen (secondary N) is 2. The Labute approximate surface area is 153 Å². The van der Waals surface area contributed by atoms with Crippen molar-refractivity contribution < 1.29 is 20.1 Å². The van der Waals surface area contributed by atoms with E-state index in [0.29, 0.717) is 10.6 Å². The maximum absolute atomic E-state index is 12.0. The maximum Gasteiger partial charge on any atom is 0.340 e. The molecule has 26 heavy (non-hydrogen) atoms. The predicted molar refractivity (Wildman–Crippen MR) is 96.9 cm³/mol. The van der Waals surface area contributed by atoms with Crippen molar-refractivity contribution in [1.29, 1.82) is 5.26 Å². The van der Waals surface area contributed by atoms with Gasteiger partial charge in [0.25, 0.3) is 0 Å². The van der Waals surface area contributed by atoms with Crippen molar-refractivity contribution in [3.8, 4) is 23.3 Å². The van der Waals surface area contributed by atoms with Crippen molar-refractivity contribution in [3.05, 3.63) is 33.7 Å². The second-order valence-electron chi connectivity index (χ2n) is 5.72. The SMILES string of the molecule is N#Cc1c(NC(=O)N/N=C/c2ccc(O)c(O)c2O)sc2c1CCCC2. The second kappa shape index (κ2) is 7.33. The zero-order chi connectivity index (χ0) is 18.7. The molecule has 0 atom stereocenters. The molecule has 0 spiro atoms. The number of carbonyl (C=O) groups is 1. The lowest BCUT2D eigenvalue weighted by atomic mass is 9.96. The molecular weight excluding hydrogens is 356 g/mol. The van der Waals surface area contributed by atoms with Crippen LogP contribution in [0.4, 0.5) is 9.80 Å². The summed E-state index contributed by atoms with van der Waals surface area (Å²) >= 11 is 1.40. The number of nitrogens with zero attached hydrogens (tertiary/aromatic N) is 2. The predicted octanol–water partition coefficient (Wildman–Crippen LogP) is 2.77. The number of hydrogen-bond acceptors (Lipinski definition) is 7. The number of amides is 2. The molecule has 0 fully saturated rings. The van der Waals surface area contributed by atoms with Crippen LogP contribution in [0.25, 0.3) is 0 Å². The highest BCUT2D eigenvalue weighted by Gasteiger charge is 2.21. The van der Waals surface area contributed by atoms with Crippen LogP contribution >= 0.6 is 11.3 Å². The van der Waals surface area contributed by atoms with E-state index in [2.05, 4.69) is 21.9 Å². The first-order valence-electron chi connectivity index (χ1n) is 7.90. The summed E-state index contributed by atoms with van der Waals surface area (Å²) in [5, 5.41) is 44.5. The number of urea groups is 1. The van der Waals surface area contributed by atoms with Crippen molar-refractivity contribution >= 4 is 28.6 Å². The number of benzene rings is 1. The Morgan fingerprint density at radius 1 is 1.23 bits per heavy atom. The van der Waals surface area contributed by atoms with Crippen LogP contribution in [0.15, 0.2) is 17.2 Å². The van der Waals surface area contributed by atoms with Crippen LogP contribution in [0.3, 0.4) is 0 Å². The molecule has 1 aromatic heterocycles. The Balaban J connectivity index is 1.68. The highest BCUT2D eigenvalue weighted by atomic mass is 32.1.